The zero-order chi connectivity index (χ0) is 12.3. The van der Waals surface area contributed by atoms with Gasteiger partial charge >= 0.3 is 5.69 Å². The molecule has 0 spiro atoms. The van der Waals surface area contributed by atoms with Crippen LogP contribution in [0.4, 0.5) is 5.69 Å². The Hall–Kier alpha value is -1.62. The summed E-state index contributed by atoms with van der Waals surface area (Å²) in [6.07, 6.45) is 3.42. The summed E-state index contributed by atoms with van der Waals surface area (Å²) in [6, 6.07) is 4.44. The molecule has 1 N–H and O–H groups in total. The molecule has 0 unspecified atom stereocenters. The summed E-state index contributed by atoms with van der Waals surface area (Å²) >= 11 is 0. The van der Waals surface area contributed by atoms with Crippen molar-refractivity contribution in [2.24, 2.45) is 5.92 Å². The average molecular weight is 237 g/mol. The van der Waals surface area contributed by atoms with Crippen LogP contribution in [0.15, 0.2) is 18.2 Å². The van der Waals surface area contributed by atoms with Gasteiger partial charge in [-0.1, -0.05) is 12.8 Å². The number of nitro benzene ring substituents is 1. The lowest BCUT2D eigenvalue weighted by atomic mass is 10.2. The summed E-state index contributed by atoms with van der Waals surface area (Å²) < 4.78 is 5.44. The Morgan fingerprint density at radius 2 is 2.24 bits per heavy atom. The van der Waals surface area contributed by atoms with Crippen molar-refractivity contribution in [1.82, 2.24) is 0 Å². The minimum atomic E-state index is -0.465. The highest BCUT2D eigenvalue weighted by molar-refractivity contribution is 5.48. The zero-order valence-corrected chi connectivity index (χ0v) is 9.46. The van der Waals surface area contributed by atoms with E-state index in [2.05, 4.69) is 0 Å². The molecule has 2 rings (SSSR count). The van der Waals surface area contributed by atoms with E-state index < -0.39 is 4.92 Å². The largest absolute Gasteiger partial charge is 0.487 e. The van der Waals surface area contributed by atoms with Crippen molar-refractivity contribution >= 4 is 5.69 Å². The van der Waals surface area contributed by atoms with Gasteiger partial charge in [0.25, 0.3) is 0 Å². The Balaban J connectivity index is 2.06. The van der Waals surface area contributed by atoms with E-state index in [0.717, 1.165) is 12.3 Å². The third-order valence-corrected chi connectivity index (χ3v) is 2.88. The fraction of sp³-hybridized carbons (Fsp3) is 0.500. The van der Waals surface area contributed by atoms with Gasteiger partial charge in [0, 0.05) is 6.07 Å². The van der Waals surface area contributed by atoms with Crippen molar-refractivity contribution in [2.45, 2.75) is 25.9 Å². The number of aliphatic hydroxyl groups is 1. The quantitative estimate of drug-likeness (QED) is 0.608. The van der Waals surface area contributed by atoms with Crippen molar-refractivity contribution in [3.8, 4) is 5.75 Å². The van der Waals surface area contributed by atoms with Gasteiger partial charge in [-0.25, -0.2) is 0 Å². The average Bonchev–Trinajstić information content (AvgIpc) is 3.12. The summed E-state index contributed by atoms with van der Waals surface area (Å²) in [5, 5.41) is 19.8. The van der Waals surface area contributed by atoms with Crippen LogP contribution < -0.4 is 4.74 Å². The topological polar surface area (TPSA) is 72.6 Å². The molecule has 5 heteroatoms. The van der Waals surface area contributed by atoms with Crippen LogP contribution in [-0.2, 0) is 6.61 Å². The van der Waals surface area contributed by atoms with Crippen LogP contribution in [0.5, 0.6) is 5.75 Å². The molecule has 0 radical (unpaired) electrons. The molecule has 0 bridgehead atoms. The van der Waals surface area contributed by atoms with Crippen LogP contribution in [0.25, 0.3) is 0 Å². The summed E-state index contributed by atoms with van der Waals surface area (Å²) in [6.45, 7) is 0.358. The lowest BCUT2D eigenvalue weighted by Crippen LogP contribution is -2.02. The number of hydrogen-bond donors (Lipinski definition) is 1. The maximum atomic E-state index is 10.8. The molecule has 0 saturated heterocycles. The number of aliphatic hydroxyl groups excluding tert-OH is 1. The van der Waals surface area contributed by atoms with Gasteiger partial charge in [-0.15, -0.1) is 0 Å². The molecular formula is C12H15NO4. The van der Waals surface area contributed by atoms with Gasteiger partial charge in [0.05, 0.1) is 18.1 Å². The fourth-order valence-corrected chi connectivity index (χ4v) is 1.67. The van der Waals surface area contributed by atoms with Gasteiger partial charge in [-0.2, -0.15) is 0 Å². The van der Waals surface area contributed by atoms with Crippen LogP contribution in [0.3, 0.4) is 0 Å². The fourth-order valence-electron chi connectivity index (χ4n) is 1.67. The van der Waals surface area contributed by atoms with E-state index in [4.69, 9.17) is 9.84 Å². The van der Waals surface area contributed by atoms with Gasteiger partial charge in [0.1, 0.15) is 0 Å². The maximum absolute atomic E-state index is 10.8. The first-order valence-corrected chi connectivity index (χ1v) is 5.71. The molecule has 1 saturated carbocycles. The molecule has 5 nitrogen and oxygen atoms in total. The Morgan fingerprint density at radius 3 is 2.82 bits per heavy atom. The van der Waals surface area contributed by atoms with E-state index in [1.54, 1.807) is 0 Å². The van der Waals surface area contributed by atoms with E-state index in [9.17, 15) is 10.1 Å². The number of nitrogens with zero attached hydrogens (tertiary/aromatic N) is 1. The second-order valence-corrected chi connectivity index (χ2v) is 4.30. The van der Waals surface area contributed by atoms with Crippen molar-refractivity contribution in [3.63, 3.8) is 0 Å². The van der Waals surface area contributed by atoms with Gasteiger partial charge in [-0.3, -0.25) is 10.1 Å². The van der Waals surface area contributed by atoms with E-state index in [0.29, 0.717) is 12.2 Å². The van der Waals surface area contributed by atoms with Crippen LogP contribution >= 0.6 is 0 Å². The maximum Gasteiger partial charge on any atom is 0.310 e. The third-order valence-electron chi connectivity index (χ3n) is 2.88. The Labute approximate surface area is 99.2 Å². The monoisotopic (exact) mass is 237 g/mol. The summed E-state index contributed by atoms with van der Waals surface area (Å²) in [4.78, 5) is 10.3. The van der Waals surface area contributed by atoms with E-state index in [1.165, 1.54) is 31.0 Å². The molecule has 1 aliphatic rings. The Morgan fingerprint density at radius 1 is 1.47 bits per heavy atom. The summed E-state index contributed by atoms with van der Waals surface area (Å²) in [5.74, 6) is 0.984. The normalized spacial score (nSPS) is 14.6. The first-order valence-electron chi connectivity index (χ1n) is 5.71. The van der Waals surface area contributed by atoms with E-state index in [1.807, 2.05) is 0 Å². The zero-order valence-electron chi connectivity index (χ0n) is 9.46. The molecule has 0 aromatic heterocycles. The van der Waals surface area contributed by atoms with Crippen LogP contribution in [-0.4, -0.2) is 16.6 Å². The van der Waals surface area contributed by atoms with Crippen LogP contribution in [0, 0.1) is 16.0 Å². The molecule has 1 aliphatic carbocycles. The first-order chi connectivity index (χ1) is 8.20. The third kappa shape index (κ3) is 3.17. The lowest BCUT2D eigenvalue weighted by Gasteiger charge is -2.07. The predicted molar refractivity (Wildman–Crippen MR) is 61.9 cm³/mol. The van der Waals surface area contributed by atoms with E-state index >= 15 is 0 Å². The number of rotatable bonds is 6. The SMILES string of the molecule is O=[N+]([O-])c1ccc(CO)cc1OCCC1CC1. The standard InChI is InChI=1S/C12H15NO4/c14-8-10-3-4-11(13(15)16)12(7-10)17-6-5-9-1-2-9/h3-4,7,9,14H,1-2,5-6,8H2. The first kappa shape index (κ1) is 11.9. The minimum absolute atomic E-state index is 0.0435. The molecule has 0 aliphatic heterocycles. The minimum Gasteiger partial charge on any atom is -0.487 e. The molecular weight excluding hydrogens is 222 g/mol. The second-order valence-electron chi connectivity index (χ2n) is 4.30. The molecule has 0 amide bonds. The van der Waals surface area contributed by atoms with Crippen LogP contribution in [0.1, 0.15) is 24.8 Å². The predicted octanol–water partition coefficient (Wildman–Crippen LogP) is 2.27. The second kappa shape index (κ2) is 5.14. The molecule has 0 atom stereocenters. The molecule has 1 aromatic rings. The summed E-state index contributed by atoms with van der Waals surface area (Å²) in [5.41, 5.74) is 0.579. The Bertz CT molecular complexity index is 415. The highest BCUT2D eigenvalue weighted by Gasteiger charge is 2.22. The van der Waals surface area contributed by atoms with Crippen molar-refractivity contribution in [1.29, 1.82) is 0 Å². The number of ether oxygens (including phenoxy) is 1. The van der Waals surface area contributed by atoms with Crippen molar-refractivity contribution in [2.75, 3.05) is 6.61 Å². The molecule has 92 valence electrons. The van der Waals surface area contributed by atoms with Crippen molar-refractivity contribution < 1.29 is 14.8 Å². The molecule has 1 fully saturated rings. The van der Waals surface area contributed by atoms with Crippen molar-refractivity contribution in [3.05, 3.63) is 33.9 Å². The smallest absolute Gasteiger partial charge is 0.310 e. The molecule has 0 heterocycles. The van der Waals surface area contributed by atoms with Gasteiger partial charge in [0.15, 0.2) is 5.75 Å². The summed E-state index contributed by atoms with van der Waals surface area (Å²) in [7, 11) is 0. The molecule has 1 aromatic carbocycles. The van der Waals surface area contributed by atoms with Gasteiger partial charge in [-0.05, 0) is 30.0 Å². The van der Waals surface area contributed by atoms with Gasteiger partial charge < -0.3 is 9.84 Å². The molecule has 17 heavy (non-hydrogen) atoms. The van der Waals surface area contributed by atoms with E-state index in [-0.39, 0.29) is 18.0 Å². The van der Waals surface area contributed by atoms with Gasteiger partial charge in [0.2, 0.25) is 0 Å². The Kier molecular flexibility index (Phi) is 3.58. The number of nitro groups is 1. The highest BCUT2D eigenvalue weighted by Crippen LogP contribution is 2.33. The number of hydrogen-bond acceptors (Lipinski definition) is 4. The van der Waals surface area contributed by atoms with Crippen LogP contribution in [0.2, 0.25) is 0 Å². The number of benzene rings is 1. The lowest BCUT2D eigenvalue weighted by molar-refractivity contribution is -0.385. The highest BCUT2D eigenvalue weighted by atomic mass is 16.6.